The maximum atomic E-state index is 3.72. The van der Waals surface area contributed by atoms with Gasteiger partial charge in [-0.05, 0) is 46.8 Å². The molecule has 1 aromatic carbocycles. The van der Waals surface area contributed by atoms with Crippen LogP contribution in [0.2, 0.25) is 0 Å². The number of fused-ring (bicyclic) bond motifs is 1. The monoisotopic (exact) mass is 301 g/mol. The van der Waals surface area contributed by atoms with Gasteiger partial charge in [0, 0.05) is 22.0 Å². The molecule has 0 spiro atoms. The average molecular weight is 301 g/mol. The van der Waals surface area contributed by atoms with Crippen LogP contribution >= 0.6 is 22.7 Å². The van der Waals surface area contributed by atoms with Gasteiger partial charge in [0.1, 0.15) is 0 Å². The van der Waals surface area contributed by atoms with Crippen LogP contribution in [0.15, 0.2) is 47.2 Å². The fourth-order valence-corrected chi connectivity index (χ4v) is 4.28. The molecule has 1 nitrogen and oxygen atoms in total. The molecule has 104 valence electrons. The molecule has 3 rings (SSSR count). The zero-order chi connectivity index (χ0) is 13.8. The van der Waals surface area contributed by atoms with E-state index in [9.17, 15) is 0 Å². The molecular formula is C17H19NS2. The van der Waals surface area contributed by atoms with Crippen molar-refractivity contribution in [3.8, 4) is 0 Å². The van der Waals surface area contributed by atoms with E-state index >= 15 is 0 Å². The molecule has 2 heterocycles. The van der Waals surface area contributed by atoms with E-state index in [4.69, 9.17) is 0 Å². The van der Waals surface area contributed by atoms with Crippen molar-refractivity contribution in [1.82, 2.24) is 5.32 Å². The van der Waals surface area contributed by atoms with Gasteiger partial charge in [-0.15, -0.1) is 22.7 Å². The van der Waals surface area contributed by atoms with Gasteiger partial charge in [-0.3, -0.25) is 0 Å². The predicted molar refractivity (Wildman–Crippen MR) is 90.9 cm³/mol. The van der Waals surface area contributed by atoms with E-state index in [2.05, 4.69) is 59.4 Å². The van der Waals surface area contributed by atoms with Gasteiger partial charge < -0.3 is 5.32 Å². The third kappa shape index (κ3) is 2.95. The Bertz CT molecular complexity index is 655. The fourth-order valence-electron chi connectivity index (χ4n) is 2.51. The highest BCUT2D eigenvalue weighted by Gasteiger charge is 2.16. The van der Waals surface area contributed by atoms with Crippen molar-refractivity contribution in [3.63, 3.8) is 0 Å². The minimum Gasteiger partial charge on any atom is -0.310 e. The van der Waals surface area contributed by atoms with Crippen LogP contribution < -0.4 is 5.32 Å². The Balaban J connectivity index is 1.91. The molecule has 0 fully saturated rings. The van der Waals surface area contributed by atoms with E-state index in [-0.39, 0.29) is 0 Å². The maximum Gasteiger partial charge on any atom is 0.0383 e. The summed E-state index contributed by atoms with van der Waals surface area (Å²) < 4.78 is 1.39. The highest BCUT2D eigenvalue weighted by atomic mass is 32.1. The number of thiophene rings is 2. The van der Waals surface area contributed by atoms with Crippen molar-refractivity contribution in [1.29, 1.82) is 0 Å². The van der Waals surface area contributed by atoms with E-state index in [0.29, 0.717) is 6.04 Å². The highest BCUT2D eigenvalue weighted by molar-refractivity contribution is 7.17. The molecule has 0 saturated heterocycles. The second-order valence-electron chi connectivity index (χ2n) is 4.98. The molecule has 0 amide bonds. The van der Waals surface area contributed by atoms with Crippen molar-refractivity contribution >= 4 is 32.8 Å². The summed E-state index contributed by atoms with van der Waals surface area (Å²) >= 11 is 3.70. The van der Waals surface area contributed by atoms with Crippen LogP contribution in [0.5, 0.6) is 0 Å². The summed E-state index contributed by atoms with van der Waals surface area (Å²) in [5.41, 5.74) is 1.45. The number of benzene rings is 1. The third-order valence-electron chi connectivity index (χ3n) is 3.51. The molecule has 1 atom stereocenters. The fraction of sp³-hybridized carbons (Fsp3) is 0.294. The molecule has 1 N–H and O–H groups in total. The maximum absolute atomic E-state index is 3.72. The minimum atomic E-state index is 0.421. The SMILES string of the molecule is CCCNC(Cc1cccs1)c1csc2ccccc12. The van der Waals surface area contributed by atoms with E-state index in [1.165, 1.54) is 26.9 Å². The summed E-state index contributed by atoms with van der Waals surface area (Å²) in [6, 6.07) is 13.5. The van der Waals surface area contributed by atoms with E-state index in [0.717, 1.165) is 13.0 Å². The second-order valence-corrected chi connectivity index (χ2v) is 6.92. The van der Waals surface area contributed by atoms with Gasteiger partial charge in [0.2, 0.25) is 0 Å². The Morgan fingerprint density at radius 3 is 2.80 bits per heavy atom. The molecular weight excluding hydrogens is 282 g/mol. The lowest BCUT2D eigenvalue weighted by Gasteiger charge is -2.17. The Morgan fingerprint density at radius 1 is 1.10 bits per heavy atom. The van der Waals surface area contributed by atoms with E-state index in [1.807, 2.05) is 22.7 Å². The highest BCUT2D eigenvalue weighted by Crippen LogP contribution is 2.32. The zero-order valence-corrected chi connectivity index (χ0v) is 13.3. The Morgan fingerprint density at radius 2 is 2.00 bits per heavy atom. The molecule has 0 bridgehead atoms. The molecule has 0 radical (unpaired) electrons. The van der Waals surface area contributed by atoms with Crippen molar-refractivity contribution in [2.45, 2.75) is 25.8 Å². The minimum absolute atomic E-state index is 0.421. The van der Waals surface area contributed by atoms with Crippen molar-refractivity contribution in [2.75, 3.05) is 6.54 Å². The number of hydrogen-bond donors (Lipinski definition) is 1. The summed E-state index contributed by atoms with van der Waals surface area (Å²) in [5.74, 6) is 0. The average Bonchev–Trinajstić information content (AvgIpc) is 3.12. The molecule has 3 aromatic rings. The second kappa shape index (κ2) is 6.53. The van der Waals surface area contributed by atoms with Crippen molar-refractivity contribution < 1.29 is 0 Å². The van der Waals surface area contributed by atoms with Gasteiger partial charge in [-0.25, -0.2) is 0 Å². The van der Waals surface area contributed by atoms with Gasteiger partial charge in [-0.2, -0.15) is 0 Å². The van der Waals surface area contributed by atoms with Crippen LogP contribution in [-0.2, 0) is 6.42 Å². The third-order valence-corrected chi connectivity index (χ3v) is 5.39. The van der Waals surface area contributed by atoms with Crippen LogP contribution in [0.25, 0.3) is 10.1 Å². The predicted octanol–water partition coefficient (Wildman–Crippen LogP) is 5.25. The largest absolute Gasteiger partial charge is 0.310 e. The van der Waals surface area contributed by atoms with Crippen LogP contribution in [0, 0.1) is 0 Å². The van der Waals surface area contributed by atoms with Gasteiger partial charge >= 0.3 is 0 Å². The first kappa shape index (κ1) is 13.8. The number of rotatable bonds is 6. The zero-order valence-electron chi connectivity index (χ0n) is 11.6. The van der Waals surface area contributed by atoms with Gasteiger partial charge in [0.25, 0.3) is 0 Å². The van der Waals surface area contributed by atoms with Crippen molar-refractivity contribution in [3.05, 3.63) is 57.6 Å². The lowest BCUT2D eigenvalue weighted by Crippen LogP contribution is -2.23. The van der Waals surface area contributed by atoms with E-state index in [1.54, 1.807) is 0 Å². The smallest absolute Gasteiger partial charge is 0.0383 e. The van der Waals surface area contributed by atoms with Gasteiger partial charge in [-0.1, -0.05) is 31.2 Å². The quantitative estimate of drug-likeness (QED) is 0.656. The van der Waals surface area contributed by atoms with Crippen LogP contribution in [-0.4, -0.2) is 6.54 Å². The molecule has 0 aliphatic carbocycles. The molecule has 0 aliphatic rings. The molecule has 3 heteroatoms. The molecule has 0 aliphatic heterocycles. The first-order valence-corrected chi connectivity index (χ1v) is 8.86. The summed E-state index contributed by atoms with van der Waals surface area (Å²) in [4.78, 5) is 1.45. The van der Waals surface area contributed by atoms with Crippen LogP contribution in [0.3, 0.4) is 0 Å². The summed E-state index contributed by atoms with van der Waals surface area (Å²) in [7, 11) is 0. The molecule has 2 aromatic heterocycles. The first-order valence-electron chi connectivity index (χ1n) is 7.10. The Labute approximate surface area is 128 Å². The van der Waals surface area contributed by atoms with Crippen LogP contribution in [0.1, 0.15) is 29.8 Å². The summed E-state index contributed by atoms with van der Waals surface area (Å²) in [6.45, 7) is 3.29. The molecule has 1 unspecified atom stereocenters. The Hall–Kier alpha value is -1.16. The summed E-state index contributed by atoms with van der Waals surface area (Å²) in [6.07, 6.45) is 2.25. The van der Waals surface area contributed by atoms with Gasteiger partial charge in [0.05, 0.1) is 0 Å². The van der Waals surface area contributed by atoms with Crippen molar-refractivity contribution in [2.24, 2.45) is 0 Å². The number of nitrogens with one attached hydrogen (secondary N) is 1. The number of hydrogen-bond acceptors (Lipinski definition) is 3. The van der Waals surface area contributed by atoms with Gasteiger partial charge in [0.15, 0.2) is 0 Å². The standard InChI is InChI=1S/C17H19NS2/c1-2-9-18-16(11-13-6-5-10-19-13)15-12-20-17-8-4-3-7-14(15)17/h3-8,10,12,16,18H,2,9,11H2,1H3. The van der Waals surface area contributed by atoms with Crippen LogP contribution in [0.4, 0.5) is 0 Å². The Kier molecular flexibility index (Phi) is 4.51. The normalized spacial score (nSPS) is 12.8. The lowest BCUT2D eigenvalue weighted by molar-refractivity contribution is 0.536. The summed E-state index contributed by atoms with van der Waals surface area (Å²) in [5, 5.41) is 9.61. The molecule has 20 heavy (non-hydrogen) atoms. The lowest BCUT2D eigenvalue weighted by atomic mass is 10.0. The van der Waals surface area contributed by atoms with E-state index < -0.39 is 0 Å². The first-order chi connectivity index (χ1) is 9.88. The molecule has 0 saturated carbocycles. The topological polar surface area (TPSA) is 12.0 Å².